The molecule has 0 bridgehead atoms. The summed E-state index contributed by atoms with van der Waals surface area (Å²) in [5.74, 6) is 0.708. The van der Waals surface area contributed by atoms with Crippen LogP contribution in [0.3, 0.4) is 0 Å². The van der Waals surface area contributed by atoms with E-state index in [-0.39, 0.29) is 0 Å². The summed E-state index contributed by atoms with van der Waals surface area (Å²) in [6, 6.07) is 21.1. The smallest absolute Gasteiger partial charge is 0.243 e. The molecule has 1 aliphatic rings. The zero-order valence-electron chi connectivity index (χ0n) is 20.5. The molecule has 1 saturated heterocycles. The van der Waals surface area contributed by atoms with E-state index in [4.69, 9.17) is 4.99 Å². The minimum Gasteiger partial charge on any atom is -0.312 e. The quantitative estimate of drug-likeness (QED) is 0.336. The van der Waals surface area contributed by atoms with E-state index >= 15 is 0 Å². The zero-order chi connectivity index (χ0) is 25.1. The number of hydrogen-bond donors (Lipinski definition) is 0. The van der Waals surface area contributed by atoms with Crippen molar-refractivity contribution in [3.8, 4) is 11.3 Å². The molecule has 186 valence electrons. The molecule has 8 heteroatoms. The maximum Gasteiger partial charge on any atom is 0.243 e. The highest BCUT2D eigenvalue weighted by Gasteiger charge is 2.31. The van der Waals surface area contributed by atoms with Gasteiger partial charge in [-0.3, -0.25) is 4.98 Å². The van der Waals surface area contributed by atoms with E-state index < -0.39 is 10.0 Å². The van der Waals surface area contributed by atoms with Crippen molar-refractivity contribution < 1.29 is 8.42 Å². The summed E-state index contributed by atoms with van der Waals surface area (Å²) in [6.07, 6.45) is 4.66. The summed E-state index contributed by atoms with van der Waals surface area (Å²) in [5.41, 5.74) is 3.70. The second kappa shape index (κ2) is 10.5. The van der Waals surface area contributed by atoms with Crippen LogP contribution in [0.25, 0.3) is 11.3 Å². The first-order chi connectivity index (χ1) is 17.4. The van der Waals surface area contributed by atoms with Gasteiger partial charge in [0.1, 0.15) is 0 Å². The van der Waals surface area contributed by atoms with Crippen LogP contribution >= 0.6 is 11.3 Å². The van der Waals surface area contributed by atoms with Gasteiger partial charge < -0.3 is 4.57 Å². The van der Waals surface area contributed by atoms with Crippen molar-refractivity contribution in [2.45, 2.75) is 31.7 Å². The van der Waals surface area contributed by atoms with Gasteiger partial charge in [0.05, 0.1) is 22.8 Å². The third-order valence-electron chi connectivity index (χ3n) is 6.45. The Morgan fingerprint density at radius 1 is 1.00 bits per heavy atom. The number of nitrogens with zero attached hydrogens (tertiary/aromatic N) is 4. The van der Waals surface area contributed by atoms with Crippen molar-refractivity contribution in [2.24, 2.45) is 16.8 Å². The van der Waals surface area contributed by atoms with Crippen LogP contribution in [0.2, 0.25) is 0 Å². The average molecular weight is 519 g/mol. The van der Waals surface area contributed by atoms with Crippen LogP contribution in [-0.2, 0) is 16.6 Å². The van der Waals surface area contributed by atoms with Gasteiger partial charge in [0, 0.05) is 36.4 Å². The van der Waals surface area contributed by atoms with E-state index in [1.807, 2.05) is 60.8 Å². The molecule has 0 radical (unpaired) electrons. The highest BCUT2D eigenvalue weighted by Crippen LogP contribution is 2.29. The van der Waals surface area contributed by atoms with Crippen LogP contribution in [0.1, 0.15) is 25.8 Å². The van der Waals surface area contributed by atoms with Crippen molar-refractivity contribution in [1.82, 2.24) is 13.9 Å². The number of aromatic nitrogens is 2. The van der Waals surface area contributed by atoms with Gasteiger partial charge >= 0.3 is 0 Å². The monoisotopic (exact) mass is 518 g/mol. The lowest BCUT2D eigenvalue weighted by Gasteiger charge is -2.34. The lowest BCUT2D eigenvalue weighted by molar-refractivity contribution is 0.222. The third-order valence-corrected chi connectivity index (χ3v) is 9.14. The standard InChI is InChI=1S/C28H30N4O2S2/c1-21-14-22(2)18-31(17-21)36(33,34)26-12-6-9-24(15-26)27-20-35-28(30-25-10-4-3-5-11-25)32(27)19-23-8-7-13-29-16-23/h3-13,15-16,20-22H,14,17-19H2,1-2H3/t21-,22-/m1/s1. The van der Waals surface area contributed by atoms with Gasteiger partial charge in [0.15, 0.2) is 4.80 Å². The van der Waals surface area contributed by atoms with Gasteiger partial charge in [-0.2, -0.15) is 4.31 Å². The Kier molecular flexibility index (Phi) is 7.18. The first kappa shape index (κ1) is 24.6. The summed E-state index contributed by atoms with van der Waals surface area (Å²) in [5, 5.41) is 2.05. The number of thiazole rings is 1. The second-order valence-electron chi connectivity index (χ2n) is 9.59. The highest BCUT2D eigenvalue weighted by molar-refractivity contribution is 7.89. The van der Waals surface area contributed by atoms with E-state index in [0.29, 0.717) is 36.4 Å². The van der Waals surface area contributed by atoms with Crippen molar-refractivity contribution >= 4 is 27.0 Å². The fourth-order valence-electron chi connectivity index (χ4n) is 4.86. The van der Waals surface area contributed by atoms with E-state index in [2.05, 4.69) is 28.8 Å². The Balaban J connectivity index is 1.57. The average Bonchev–Trinajstić information content (AvgIpc) is 3.26. The number of hydrogen-bond acceptors (Lipinski definition) is 5. The molecule has 0 saturated carbocycles. The van der Waals surface area contributed by atoms with Gasteiger partial charge in [0.2, 0.25) is 10.0 Å². The number of piperidine rings is 1. The molecule has 3 heterocycles. The summed E-state index contributed by atoms with van der Waals surface area (Å²) in [7, 11) is -3.58. The molecule has 2 atom stereocenters. The number of benzene rings is 2. The minimum atomic E-state index is -3.58. The summed E-state index contributed by atoms with van der Waals surface area (Å²) in [4.78, 5) is 10.3. The van der Waals surface area contributed by atoms with Crippen LogP contribution in [0.4, 0.5) is 5.69 Å². The number of sulfonamides is 1. The van der Waals surface area contributed by atoms with Gasteiger partial charge in [-0.15, -0.1) is 11.3 Å². The van der Waals surface area contributed by atoms with Gasteiger partial charge in [-0.05, 0) is 54.2 Å². The fraction of sp³-hybridized carbons (Fsp3) is 0.286. The summed E-state index contributed by atoms with van der Waals surface area (Å²) >= 11 is 1.54. The predicted octanol–water partition coefficient (Wildman–Crippen LogP) is 5.56. The molecule has 2 aromatic carbocycles. The molecule has 36 heavy (non-hydrogen) atoms. The Hall–Kier alpha value is -3.07. The van der Waals surface area contributed by atoms with E-state index in [9.17, 15) is 8.42 Å². The SMILES string of the molecule is C[C@@H]1C[C@@H](C)CN(S(=O)(=O)c2cccc(-c3csc(=Nc4ccccc4)n3Cc3cccnc3)c2)C1. The third kappa shape index (κ3) is 5.36. The van der Waals surface area contributed by atoms with Gasteiger partial charge in [-0.25, -0.2) is 13.4 Å². The molecule has 0 aliphatic carbocycles. The second-order valence-corrected chi connectivity index (χ2v) is 12.4. The molecular weight excluding hydrogens is 488 g/mol. The molecule has 5 rings (SSSR count). The summed E-state index contributed by atoms with van der Waals surface area (Å²) < 4.78 is 30.9. The first-order valence-corrected chi connectivity index (χ1v) is 14.5. The van der Waals surface area contributed by atoms with Crippen LogP contribution in [0.15, 0.2) is 94.4 Å². The van der Waals surface area contributed by atoms with Crippen LogP contribution < -0.4 is 4.80 Å². The maximum absolute atomic E-state index is 13.6. The van der Waals surface area contributed by atoms with E-state index in [0.717, 1.165) is 33.7 Å². The number of pyridine rings is 1. The topological polar surface area (TPSA) is 67.6 Å². The number of para-hydroxylation sites is 1. The molecule has 0 N–H and O–H groups in total. The zero-order valence-corrected chi connectivity index (χ0v) is 22.1. The van der Waals surface area contributed by atoms with Crippen molar-refractivity contribution in [1.29, 1.82) is 0 Å². The lowest BCUT2D eigenvalue weighted by atomic mass is 9.94. The first-order valence-electron chi connectivity index (χ1n) is 12.2. The Labute approximate surface area is 216 Å². The molecule has 0 unspecified atom stereocenters. The van der Waals surface area contributed by atoms with Gasteiger partial charge in [0.25, 0.3) is 0 Å². The van der Waals surface area contributed by atoms with Crippen molar-refractivity contribution in [3.63, 3.8) is 0 Å². The largest absolute Gasteiger partial charge is 0.312 e. The predicted molar refractivity (Wildman–Crippen MR) is 144 cm³/mol. The van der Waals surface area contributed by atoms with E-state index in [1.165, 1.54) is 0 Å². The van der Waals surface area contributed by atoms with Crippen molar-refractivity contribution in [3.05, 3.63) is 94.9 Å². The minimum absolute atomic E-state index is 0.335. The number of rotatable bonds is 6. The van der Waals surface area contributed by atoms with E-state index in [1.54, 1.807) is 34.0 Å². The Morgan fingerprint density at radius 3 is 2.50 bits per heavy atom. The lowest BCUT2D eigenvalue weighted by Crippen LogP contribution is -2.42. The molecule has 1 aliphatic heterocycles. The molecule has 4 aromatic rings. The molecular formula is C28H30N4O2S2. The molecule has 0 spiro atoms. The van der Waals surface area contributed by atoms with Crippen LogP contribution in [0.5, 0.6) is 0 Å². The normalized spacial score (nSPS) is 19.4. The molecule has 6 nitrogen and oxygen atoms in total. The Morgan fingerprint density at radius 2 is 1.78 bits per heavy atom. The van der Waals surface area contributed by atoms with Crippen LogP contribution in [-0.4, -0.2) is 35.4 Å². The van der Waals surface area contributed by atoms with Gasteiger partial charge in [-0.1, -0.05) is 50.2 Å². The molecule has 0 amide bonds. The highest BCUT2D eigenvalue weighted by atomic mass is 32.2. The molecule has 1 fully saturated rings. The van der Waals surface area contributed by atoms with Crippen LogP contribution in [0, 0.1) is 11.8 Å². The maximum atomic E-state index is 13.6. The fourth-order valence-corrected chi connectivity index (χ4v) is 7.51. The Bertz CT molecular complexity index is 1490. The molecule has 2 aromatic heterocycles. The summed E-state index contributed by atoms with van der Waals surface area (Å²) in [6.45, 7) is 5.96. The van der Waals surface area contributed by atoms with Crippen molar-refractivity contribution in [2.75, 3.05) is 13.1 Å².